The Morgan fingerprint density at radius 2 is 2.17 bits per heavy atom. The molecule has 0 amide bonds. The summed E-state index contributed by atoms with van der Waals surface area (Å²) < 4.78 is 1.81. The molecule has 1 unspecified atom stereocenters. The Morgan fingerprint density at radius 1 is 1.44 bits per heavy atom. The number of hydrogen-bond acceptors (Lipinski definition) is 5. The summed E-state index contributed by atoms with van der Waals surface area (Å²) in [7, 11) is 0. The molecule has 0 aliphatic carbocycles. The molecule has 3 rings (SSSR count). The van der Waals surface area contributed by atoms with Crippen LogP contribution in [0.25, 0.3) is 5.82 Å². The van der Waals surface area contributed by atoms with E-state index in [0.29, 0.717) is 17.0 Å². The zero-order valence-electron chi connectivity index (χ0n) is 9.60. The van der Waals surface area contributed by atoms with E-state index in [0.717, 1.165) is 23.1 Å². The number of aryl methyl sites for hydroxylation is 1. The van der Waals surface area contributed by atoms with E-state index in [-0.39, 0.29) is 10.1 Å². The van der Waals surface area contributed by atoms with Crippen molar-refractivity contribution in [2.24, 2.45) is 11.5 Å². The summed E-state index contributed by atoms with van der Waals surface area (Å²) in [5.41, 5.74) is 14.5. The van der Waals surface area contributed by atoms with Gasteiger partial charge in [0.05, 0.1) is 28.2 Å². The summed E-state index contributed by atoms with van der Waals surface area (Å²) in [5, 5.41) is 9.33. The molecule has 0 aromatic carbocycles. The number of nitrogens with two attached hydrogens (primary N) is 2. The van der Waals surface area contributed by atoms with Gasteiger partial charge in [0.15, 0.2) is 0 Å². The zero-order valence-corrected chi connectivity index (χ0v) is 10.4. The molecule has 5 nitrogen and oxygen atoms in total. The molecule has 0 radical (unpaired) electrons. The van der Waals surface area contributed by atoms with E-state index in [9.17, 15) is 10.1 Å². The summed E-state index contributed by atoms with van der Waals surface area (Å²) in [6.07, 6.45) is 0. The highest BCUT2D eigenvalue weighted by atomic mass is 32.2. The van der Waals surface area contributed by atoms with Crippen LogP contribution in [0.1, 0.15) is 17.3 Å². The monoisotopic (exact) mass is 258 g/mol. The molecule has 0 saturated heterocycles. The van der Waals surface area contributed by atoms with Gasteiger partial charge in [-0.3, -0.25) is 4.79 Å². The molecule has 1 aromatic rings. The number of carbonyl (C=O) groups excluding carboxylic acids is 1. The maximum Gasteiger partial charge on any atom is 0.226 e. The Morgan fingerprint density at radius 3 is 2.83 bits per heavy atom. The van der Waals surface area contributed by atoms with E-state index >= 15 is 0 Å². The average Bonchev–Trinajstić information content (AvgIpc) is 2.81. The molecule has 90 valence electrons. The van der Waals surface area contributed by atoms with Crippen molar-refractivity contribution in [3.05, 3.63) is 39.7 Å². The van der Waals surface area contributed by atoms with Crippen LogP contribution < -0.4 is 11.5 Å². The first kappa shape index (κ1) is 11.0. The summed E-state index contributed by atoms with van der Waals surface area (Å²) in [4.78, 5) is 12.0. The Balaban J connectivity index is 2.35. The van der Waals surface area contributed by atoms with Crippen molar-refractivity contribution in [2.45, 2.75) is 12.8 Å². The maximum absolute atomic E-state index is 12.0. The second kappa shape index (κ2) is 3.43. The largest absolute Gasteiger partial charge is 0.392 e. The highest BCUT2D eigenvalue weighted by molar-refractivity contribution is 8.17. The first-order chi connectivity index (χ1) is 8.56. The van der Waals surface area contributed by atoms with Gasteiger partial charge in [-0.25, -0.2) is 0 Å². The van der Waals surface area contributed by atoms with Crippen molar-refractivity contribution in [3.8, 4) is 6.07 Å². The van der Waals surface area contributed by atoms with Crippen molar-refractivity contribution in [1.82, 2.24) is 4.57 Å². The number of nitriles is 1. The number of nitrogens with zero attached hydrogens (tertiary/aromatic N) is 2. The number of hydrogen-bond donors (Lipinski definition) is 2. The number of allylic oxidation sites excluding steroid dienone is 1. The topological polar surface area (TPSA) is 97.8 Å². The molecule has 4 N–H and O–H groups in total. The molecule has 2 aliphatic heterocycles. The van der Waals surface area contributed by atoms with Crippen LogP contribution in [0.5, 0.6) is 0 Å². The van der Waals surface area contributed by atoms with Gasteiger partial charge in [0.1, 0.15) is 5.82 Å². The third-order valence-corrected chi connectivity index (χ3v) is 4.15. The van der Waals surface area contributed by atoms with E-state index < -0.39 is 5.92 Å². The molecule has 18 heavy (non-hydrogen) atoms. The van der Waals surface area contributed by atoms with Gasteiger partial charge in [0.25, 0.3) is 0 Å². The molecule has 3 heterocycles. The molecular formula is C12H10N4OS. The minimum atomic E-state index is -0.405. The molecule has 0 bridgehead atoms. The van der Waals surface area contributed by atoms with Crippen molar-refractivity contribution in [3.63, 3.8) is 0 Å². The van der Waals surface area contributed by atoms with Crippen molar-refractivity contribution >= 4 is 22.7 Å². The number of aromatic nitrogens is 1. The highest BCUT2D eigenvalue weighted by Gasteiger charge is 2.42. The summed E-state index contributed by atoms with van der Waals surface area (Å²) in [6, 6.07) is 5.89. The molecular weight excluding hydrogens is 248 g/mol. The smallest absolute Gasteiger partial charge is 0.226 e. The fraction of sp³-hybridized carbons (Fsp3) is 0.167. The van der Waals surface area contributed by atoms with Crippen LogP contribution in [-0.4, -0.2) is 9.68 Å². The molecule has 1 aromatic heterocycles. The van der Waals surface area contributed by atoms with Gasteiger partial charge in [0, 0.05) is 11.4 Å². The SMILES string of the molecule is Cc1ccc2n1C(N)=C1C(=O)SC(N)=C(C#N)C12. The number of rotatable bonds is 0. The summed E-state index contributed by atoms with van der Waals surface area (Å²) in [6.45, 7) is 1.91. The van der Waals surface area contributed by atoms with Gasteiger partial charge < -0.3 is 16.0 Å². The van der Waals surface area contributed by atoms with E-state index in [1.54, 1.807) is 0 Å². The fourth-order valence-corrected chi connectivity index (χ4v) is 3.32. The third-order valence-electron chi connectivity index (χ3n) is 3.30. The van der Waals surface area contributed by atoms with E-state index in [4.69, 9.17) is 11.5 Å². The molecule has 2 aliphatic rings. The lowest BCUT2D eigenvalue weighted by molar-refractivity contribution is -0.108. The van der Waals surface area contributed by atoms with E-state index in [2.05, 4.69) is 6.07 Å². The van der Waals surface area contributed by atoms with Gasteiger partial charge in [-0.15, -0.1) is 0 Å². The Kier molecular flexibility index (Phi) is 2.10. The Labute approximate surface area is 108 Å². The molecule has 6 heteroatoms. The standard InChI is InChI=1S/C12H10N4OS/c1-5-2-3-7-8-6(4-13)11(15)18-12(17)9(8)10(14)16(5)7/h2-3,8H,14-15H2,1H3. The summed E-state index contributed by atoms with van der Waals surface area (Å²) >= 11 is 0.879. The number of carbonyl (C=O) groups is 1. The minimum Gasteiger partial charge on any atom is -0.392 e. The van der Waals surface area contributed by atoms with Crippen LogP contribution in [0.2, 0.25) is 0 Å². The fourth-order valence-electron chi connectivity index (χ4n) is 2.52. The lowest BCUT2D eigenvalue weighted by Crippen LogP contribution is -2.19. The lowest BCUT2D eigenvalue weighted by Gasteiger charge is -2.19. The van der Waals surface area contributed by atoms with Gasteiger partial charge in [-0.1, -0.05) is 0 Å². The first-order valence-electron chi connectivity index (χ1n) is 5.36. The van der Waals surface area contributed by atoms with E-state index in [1.807, 2.05) is 23.6 Å². The van der Waals surface area contributed by atoms with Crippen LogP contribution in [0.4, 0.5) is 0 Å². The van der Waals surface area contributed by atoms with Gasteiger partial charge >= 0.3 is 0 Å². The van der Waals surface area contributed by atoms with Crippen molar-refractivity contribution in [1.29, 1.82) is 5.26 Å². The first-order valence-corrected chi connectivity index (χ1v) is 6.18. The Bertz CT molecular complexity index is 689. The van der Waals surface area contributed by atoms with Crippen LogP contribution >= 0.6 is 11.8 Å². The van der Waals surface area contributed by atoms with Crippen LogP contribution in [0, 0.1) is 18.3 Å². The predicted molar refractivity (Wildman–Crippen MR) is 68.7 cm³/mol. The highest BCUT2D eigenvalue weighted by Crippen LogP contribution is 2.48. The van der Waals surface area contributed by atoms with Crippen LogP contribution in [0.15, 0.2) is 28.3 Å². The summed E-state index contributed by atoms with van der Waals surface area (Å²) in [5.74, 6) is 0.00713. The molecule has 0 saturated carbocycles. The average molecular weight is 258 g/mol. The van der Waals surface area contributed by atoms with Crippen LogP contribution in [-0.2, 0) is 4.79 Å². The predicted octanol–water partition coefficient (Wildman–Crippen LogP) is 0.988. The van der Waals surface area contributed by atoms with Crippen molar-refractivity contribution < 1.29 is 4.79 Å². The zero-order chi connectivity index (χ0) is 13.0. The Hall–Kier alpha value is -2.13. The third kappa shape index (κ3) is 1.14. The second-order valence-electron chi connectivity index (χ2n) is 4.25. The normalized spacial score (nSPS) is 22.0. The number of fused-ring (bicyclic) bond motifs is 3. The number of thioether (sulfide) groups is 1. The molecule has 0 fully saturated rings. The van der Waals surface area contributed by atoms with Gasteiger partial charge in [-0.2, -0.15) is 5.26 Å². The van der Waals surface area contributed by atoms with Gasteiger partial charge in [0.2, 0.25) is 5.12 Å². The minimum absolute atomic E-state index is 0.169. The quantitative estimate of drug-likeness (QED) is 0.723. The van der Waals surface area contributed by atoms with E-state index in [1.165, 1.54) is 0 Å². The van der Waals surface area contributed by atoms with Crippen molar-refractivity contribution in [2.75, 3.05) is 0 Å². The lowest BCUT2D eigenvalue weighted by atomic mass is 9.91. The molecule has 0 spiro atoms. The van der Waals surface area contributed by atoms with Gasteiger partial charge in [-0.05, 0) is 30.8 Å². The molecule has 1 atom stereocenters. The van der Waals surface area contributed by atoms with Crippen LogP contribution in [0.3, 0.4) is 0 Å². The second-order valence-corrected chi connectivity index (χ2v) is 5.26. The maximum atomic E-state index is 12.0.